The summed E-state index contributed by atoms with van der Waals surface area (Å²) in [6.45, 7) is 1.68. The van der Waals surface area contributed by atoms with E-state index in [-0.39, 0.29) is 28.4 Å². The lowest BCUT2D eigenvalue weighted by Crippen LogP contribution is -2.45. The number of aromatic nitrogens is 4. The molecule has 5 rings (SSSR count). The molecule has 2 heterocycles. The van der Waals surface area contributed by atoms with Crippen LogP contribution >= 0.6 is 11.6 Å². The van der Waals surface area contributed by atoms with Crippen LogP contribution < -0.4 is 10.6 Å². The van der Waals surface area contributed by atoms with Gasteiger partial charge in [-0.1, -0.05) is 23.7 Å². The number of carboxylic acid groups (broad SMARTS) is 1. The summed E-state index contributed by atoms with van der Waals surface area (Å²) >= 11 is 6.05. The Labute approximate surface area is 263 Å². The quantitative estimate of drug-likeness (QED) is 0.222. The van der Waals surface area contributed by atoms with Crippen molar-refractivity contribution in [1.82, 2.24) is 30.0 Å². The van der Waals surface area contributed by atoms with Gasteiger partial charge in [-0.15, -0.1) is 5.10 Å². The molecule has 3 N–H and O–H groups in total. The van der Waals surface area contributed by atoms with E-state index in [1.54, 1.807) is 6.07 Å². The fraction of sp³-hybridized carbons (Fsp3) is 0.226. The maximum Gasteiger partial charge on any atom is 0.335 e. The van der Waals surface area contributed by atoms with Gasteiger partial charge in [0.05, 0.1) is 16.3 Å². The number of likely N-dealkylation sites (N-methyl/N-ethyl adjacent to an activating group) is 1. The van der Waals surface area contributed by atoms with Gasteiger partial charge in [-0.2, -0.15) is 4.68 Å². The predicted octanol–water partition coefficient (Wildman–Crippen LogP) is 3.90. The van der Waals surface area contributed by atoms with E-state index < -0.39 is 29.6 Å². The number of halogens is 2. The molecule has 0 bridgehead atoms. The Bertz CT molecular complexity index is 1750. The first-order valence-electron chi connectivity index (χ1n) is 14.0. The number of hydrogen-bond acceptors (Lipinski definition) is 8. The molecule has 2 amide bonds. The number of carbonyl (C=O) groups excluding carboxylic acids is 2. The topological polar surface area (TPSA) is 146 Å². The Kier molecular flexibility index (Phi) is 9.50. The van der Waals surface area contributed by atoms with Crippen molar-refractivity contribution >= 4 is 46.8 Å². The van der Waals surface area contributed by atoms with E-state index in [2.05, 4.69) is 31.1 Å². The van der Waals surface area contributed by atoms with E-state index >= 15 is 4.39 Å². The second-order valence-corrected chi connectivity index (χ2v) is 10.9. The molecule has 0 fully saturated rings. The van der Waals surface area contributed by atoms with Crippen molar-refractivity contribution in [3.8, 4) is 5.69 Å². The average molecular weight is 633 g/mol. The van der Waals surface area contributed by atoms with Gasteiger partial charge >= 0.3 is 5.97 Å². The van der Waals surface area contributed by atoms with E-state index in [4.69, 9.17) is 11.6 Å². The summed E-state index contributed by atoms with van der Waals surface area (Å²) in [6.07, 6.45) is 4.24. The van der Waals surface area contributed by atoms with Gasteiger partial charge in [0.2, 0.25) is 5.91 Å². The summed E-state index contributed by atoms with van der Waals surface area (Å²) in [5.74, 6) is -2.87. The number of fused-ring (bicyclic) bond motifs is 1. The number of rotatable bonds is 10. The monoisotopic (exact) mass is 632 g/mol. The van der Waals surface area contributed by atoms with Gasteiger partial charge in [0, 0.05) is 42.6 Å². The third kappa shape index (κ3) is 7.00. The third-order valence-corrected chi connectivity index (χ3v) is 7.62. The lowest BCUT2D eigenvalue weighted by Gasteiger charge is -2.36. The first-order chi connectivity index (χ1) is 21.6. The van der Waals surface area contributed by atoms with E-state index in [0.29, 0.717) is 24.2 Å². The summed E-state index contributed by atoms with van der Waals surface area (Å²) in [7, 11) is 3.95. The van der Waals surface area contributed by atoms with Gasteiger partial charge in [-0.05, 0) is 90.6 Å². The molecule has 0 spiro atoms. The van der Waals surface area contributed by atoms with Crippen LogP contribution in [0.25, 0.3) is 11.8 Å². The molecule has 0 saturated heterocycles. The molecule has 45 heavy (non-hydrogen) atoms. The second-order valence-electron chi connectivity index (χ2n) is 10.5. The molecule has 3 aromatic carbocycles. The number of anilines is 2. The summed E-state index contributed by atoms with van der Waals surface area (Å²) in [6, 6.07) is 13.2. The van der Waals surface area contributed by atoms with Crippen molar-refractivity contribution in [3.63, 3.8) is 0 Å². The van der Waals surface area contributed by atoms with Crippen molar-refractivity contribution in [2.45, 2.75) is 12.5 Å². The highest BCUT2D eigenvalue weighted by Gasteiger charge is 2.36. The highest BCUT2D eigenvalue weighted by atomic mass is 35.5. The van der Waals surface area contributed by atoms with Crippen LogP contribution in [0.3, 0.4) is 0 Å². The molecule has 1 aliphatic rings. The number of nitrogens with one attached hydrogen (secondary N) is 2. The Morgan fingerprint density at radius 2 is 1.91 bits per heavy atom. The number of hydrogen-bond donors (Lipinski definition) is 3. The zero-order chi connectivity index (χ0) is 32.1. The fourth-order valence-electron chi connectivity index (χ4n) is 5.11. The highest BCUT2D eigenvalue weighted by Crippen LogP contribution is 2.35. The Morgan fingerprint density at radius 1 is 1.13 bits per heavy atom. The number of carbonyl (C=O) groups is 3. The largest absolute Gasteiger partial charge is 0.478 e. The van der Waals surface area contributed by atoms with E-state index in [9.17, 15) is 19.5 Å². The van der Waals surface area contributed by atoms with Gasteiger partial charge < -0.3 is 25.5 Å². The summed E-state index contributed by atoms with van der Waals surface area (Å²) in [5, 5.41) is 26.3. The molecule has 0 unspecified atom stereocenters. The zero-order valence-electron chi connectivity index (χ0n) is 24.4. The number of carboxylic acids is 1. The number of nitrogens with zero attached hydrogens (tertiary/aromatic N) is 6. The number of aromatic carboxylic acids is 1. The Hall–Kier alpha value is -5.14. The zero-order valence-corrected chi connectivity index (χ0v) is 25.2. The predicted molar refractivity (Wildman–Crippen MR) is 167 cm³/mol. The van der Waals surface area contributed by atoms with Crippen molar-refractivity contribution in [1.29, 1.82) is 0 Å². The Balaban J connectivity index is 1.48. The molecule has 4 aromatic rings. The molecule has 0 aliphatic carbocycles. The molecule has 1 aromatic heterocycles. The van der Waals surface area contributed by atoms with Crippen LogP contribution in [-0.2, 0) is 16.0 Å². The fourth-order valence-corrected chi connectivity index (χ4v) is 5.28. The lowest BCUT2D eigenvalue weighted by atomic mass is 9.90. The second kappa shape index (κ2) is 13.7. The molecular weight excluding hydrogens is 603 g/mol. The van der Waals surface area contributed by atoms with Gasteiger partial charge in [0.25, 0.3) is 5.91 Å². The average Bonchev–Trinajstić information content (AvgIpc) is 3.56. The van der Waals surface area contributed by atoms with Gasteiger partial charge in [0.1, 0.15) is 12.4 Å². The number of amides is 2. The molecule has 232 valence electrons. The van der Waals surface area contributed by atoms with Crippen LogP contribution in [-0.4, -0.2) is 86.6 Å². The van der Waals surface area contributed by atoms with Crippen molar-refractivity contribution in [2.24, 2.45) is 0 Å². The molecular formula is C31H30ClFN8O4. The van der Waals surface area contributed by atoms with Crippen molar-refractivity contribution in [3.05, 3.63) is 100 Å². The SMILES string of the molecule is CN(C)CCNc1cccc2c1CCN(C(=O)/C=C/c1c(-n3cnnn3)ccc(Cl)c1F)[C@@H]2C(=O)Nc1ccc(C(=O)O)cc1. The molecule has 0 saturated carbocycles. The van der Waals surface area contributed by atoms with E-state index in [1.807, 2.05) is 26.2 Å². The normalized spacial score (nSPS) is 14.4. The number of tetrazole rings is 1. The molecule has 12 nitrogen and oxygen atoms in total. The smallest absolute Gasteiger partial charge is 0.335 e. The van der Waals surface area contributed by atoms with Gasteiger partial charge in [-0.25, -0.2) is 9.18 Å². The van der Waals surface area contributed by atoms with Crippen LogP contribution in [0.15, 0.2) is 67.0 Å². The van der Waals surface area contributed by atoms with Crippen LogP contribution in [0, 0.1) is 5.82 Å². The van der Waals surface area contributed by atoms with E-state index in [1.165, 1.54) is 64.5 Å². The first-order valence-corrected chi connectivity index (χ1v) is 14.4. The standard InChI is InChI=1S/C31H30ClFN8O4/c1-39(2)17-15-34-25-5-3-4-22-21(25)14-16-40(29(22)30(43)36-20-8-6-19(7-9-20)31(44)45)27(42)13-10-23-26(41-18-35-37-38-41)12-11-24(32)28(23)33/h3-13,18,29,34H,14-17H2,1-2H3,(H,36,43)(H,44,45)/b13-10+/t29-/m0/s1. The van der Waals surface area contributed by atoms with Crippen LogP contribution in [0.2, 0.25) is 5.02 Å². The molecule has 1 atom stereocenters. The maximum atomic E-state index is 15.2. The van der Waals surface area contributed by atoms with E-state index in [0.717, 1.165) is 17.8 Å². The summed E-state index contributed by atoms with van der Waals surface area (Å²) < 4.78 is 16.4. The van der Waals surface area contributed by atoms with Crippen LogP contribution in [0.5, 0.6) is 0 Å². The Morgan fingerprint density at radius 3 is 2.60 bits per heavy atom. The summed E-state index contributed by atoms with van der Waals surface area (Å²) in [4.78, 5) is 42.4. The van der Waals surface area contributed by atoms with Crippen molar-refractivity contribution in [2.75, 3.05) is 44.4 Å². The van der Waals surface area contributed by atoms with Crippen LogP contribution in [0.1, 0.15) is 33.1 Å². The molecule has 14 heteroatoms. The third-order valence-electron chi connectivity index (χ3n) is 7.32. The first kappa shape index (κ1) is 31.3. The minimum Gasteiger partial charge on any atom is -0.478 e. The molecule has 0 radical (unpaired) electrons. The lowest BCUT2D eigenvalue weighted by molar-refractivity contribution is -0.135. The maximum absolute atomic E-state index is 15.2. The molecule has 1 aliphatic heterocycles. The van der Waals surface area contributed by atoms with Gasteiger partial charge in [0.15, 0.2) is 5.82 Å². The summed E-state index contributed by atoms with van der Waals surface area (Å²) in [5.41, 5.74) is 3.11. The highest BCUT2D eigenvalue weighted by molar-refractivity contribution is 6.31. The van der Waals surface area contributed by atoms with Crippen molar-refractivity contribution < 1.29 is 23.9 Å². The number of benzene rings is 3. The minimum atomic E-state index is -1.09. The van der Waals surface area contributed by atoms with Crippen LogP contribution in [0.4, 0.5) is 15.8 Å². The van der Waals surface area contributed by atoms with Gasteiger partial charge in [-0.3, -0.25) is 9.59 Å². The minimum absolute atomic E-state index is 0.00698.